The second-order valence-corrected chi connectivity index (χ2v) is 28.4. The fraction of sp³-hybridized carbons (Fsp3) is 1.00. The molecule has 0 aromatic heterocycles. The Morgan fingerprint density at radius 2 is 0.609 bits per heavy atom. The van der Waals surface area contributed by atoms with Crippen molar-refractivity contribution in [2.75, 3.05) is 0 Å². The van der Waals surface area contributed by atoms with Crippen LogP contribution in [0.15, 0.2) is 0 Å². The summed E-state index contributed by atoms with van der Waals surface area (Å²) in [6, 6.07) is 11.0. The van der Waals surface area contributed by atoms with Crippen molar-refractivity contribution in [1.82, 2.24) is 19.6 Å². The molecule has 0 radical (unpaired) electrons. The minimum Gasteiger partial charge on any atom is -0.294 e. The highest BCUT2D eigenvalue weighted by atomic mass is 15.4. The van der Waals surface area contributed by atoms with Gasteiger partial charge in [0, 0.05) is 72.5 Å². The third-order valence-electron chi connectivity index (χ3n) is 26.3. The van der Waals surface area contributed by atoms with Gasteiger partial charge in [-0.15, -0.1) is 0 Å². The number of likely N-dealkylation sites (tertiary alicyclic amines) is 2. The van der Waals surface area contributed by atoms with Crippen LogP contribution in [0.2, 0.25) is 0 Å². The molecule has 0 spiro atoms. The van der Waals surface area contributed by atoms with Gasteiger partial charge in [-0.2, -0.15) is 0 Å². The zero-order chi connectivity index (χ0) is 42.3. The quantitative estimate of drug-likeness (QED) is 0.279. The van der Waals surface area contributed by atoms with Crippen LogP contribution >= 0.6 is 0 Å². The van der Waals surface area contributed by atoms with E-state index in [0.29, 0.717) is 0 Å². The third kappa shape index (κ3) is 5.51. The fourth-order valence-corrected chi connectivity index (χ4v) is 25.6. The molecule has 24 atom stereocenters. The summed E-state index contributed by atoms with van der Waals surface area (Å²) in [5.74, 6) is 15.5. The lowest BCUT2D eigenvalue weighted by Gasteiger charge is -2.59. The highest BCUT2D eigenvalue weighted by Crippen LogP contribution is 2.73. The van der Waals surface area contributed by atoms with Gasteiger partial charge in [0.15, 0.2) is 0 Å². The molecule has 0 amide bonds. The summed E-state index contributed by atoms with van der Waals surface area (Å²) >= 11 is 0. The minimum absolute atomic E-state index is 0.821. The highest BCUT2D eigenvalue weighted by Gasteiger charge is 2.77. The maximum Gasteiger partial charge on any atom is 0.0179 e. The summed E-state index contributed by atoms with van der Waals surface area (Å²) in [6.45, 7) is 11.3. The van der Waals surface area contributed by atoms with Gasteiger partial charge in [0.25, 0.3) is 0 Å². The van der Waals surface area contributed by atoms with Gasteiger partial charge in [-0.3, -0.25) is 19.6 Å². The number of nitrogens with zero attached hydrogens (tertiary/aromatic N) is 4. The lowest BCUT2D eigenvalue weighted by atomic mass is 9.50. The Labute approximate surface area is 392 Å². The largest absolute Gasteiger partial charge is 0.294 e. The number of rotatable bonds is 4. The number of fused-ring (bicyclic) bond motifs is 20. The zero-order valence-electron chi connectivity index (χ0n) is 41.8. The molecule has 0 aromatic rings. The third-order valence-corrected chi connectivity index (χ3v) is 26.3. The van der Waals surface area contributed by atoms with Gasteiger partial charge in [-0.25, -0.2) is 0 Å². The molecule has 15 rings (SSSR count). The van der Waals surface area contributed by atoms with Crippen LogP contribution in [0.25, 0.3) is 0 Å². The highest BCUT2D eigenvalue weighted by molar-refractivity contribution is 5.29. The first-order chi connectivity index (χ1) is 31.5. The molecule has 0 bridgehead atoms. The van der Waals surface area contributed by atoms with E-state index < -0.39 is 0 Å². The lowest BCUT2D eigenvalue weighted by molar-refractivity contribution is -0.0980. The molecule has 4 heteroatoms. The number of hydrogen-bond acceptors (Lipinski definition) is 4. The van der Waals surface area contributed by atoms with Crippen LogP contribution in [0.5, 0.6) is 0 Å². The topological polar surface area (TPSA) is 13.0 Å². The summed E-state index contributed by atoms with van der Waals surface area (Å²) < 4.78 is 0. The molecule has 6 saturated heterocycles. The Hall–Kier alpha value is -0.160. The van der Waals surface area contributed by atoms with Crippen LogP contribution in [-0.4, -0.2) is 92.1 Å². The van der Waals surface area contributed by atoms with Gasteiger partial charge in [-0.05, 0) is 197 Å². The molecule has 24 unspecified atom stereocenters. The summed E-state index contributed by atoms with van der Waals surface area (Å²) in [5.41, 5.74) is 0. The van der Waals surface area contributed by atoms with Crippen LogP contribution in [0.4, 0.5) is 0 Å². The molecule has 0 N–H and O–H groups in total. The van der Waals surface area contributed by atoms with Crippen molar-refractivity contribution in [3.05, 3.63) is 0 Å². The van der Waals surface area contributed by atoms with E-state index in [1.165, 1.54) is 77.0 Å². The predicted octanol–water partition coefficient (Wildman–Crippen LogP) is 12.7. The Morgan fingerprint density at radius 3 is 1.03 bits per heavy atom. The molecule has 15 aliphatic rings. The van der Waals surface area contributed by atoms with E-state index in [-0.39, 0.29) is 0 Å². The van der Waals surface area contributed by atoms with Gasteiger partial charge < -0.3 is 0 Å². The van der Waals surface area contributed by atoms with E-state index >= 15 is 0 Å². The minimum atomic E-state index is 0.821. The van der Waals surface area contributed by atoms with Crippen molar-refractivity contribution in [3.63, 3.8) is 0 Å². The SMILES string of the molecule is CC(C)C1C2C3CCCC4C5CCC6C(C7CCCCC7N6C6CCCCC6)C5N(C43)C2C(C(C)C)C2C3CCCC4C5CCC6C(C7CCCCC7N6C6CCCCC6)C5N(C43)C12. The molecule has 9 aliphatic carbocycles. The molecule has 9 saturated carbocycles. The second-order valence-electron chi connectivity index (χ2n) is 28.4. The molecule has 64 heavy (non-hydrogen) atoms. The van der Waals surface area contributed by atoms with E-state index in [0.717, 1.165) is 167 Å². The van der Waals surface area contributed by atoms with Crippen LogP contribution in [0.3, 0.4) is 0 Å². The predicted molar refractivity (Wildman–Crippen MR) is 261 cm³/mol. The molecule has 15 fully saturated rings. The summed E-state index contributed by atoms with van der Waals surface area (Å²) in [5, 5.41) is 0. The Kier molecular flexibility index (Phi) is 10.2. The van der Waals surface area contributed by atoms with E-state index in [1.54, 1.807) is 103 Å². The average Bonchev–Trinajstić information content (AvgIpc) is 4.16. The first kappa shape index (κ1) is 41.6. The van der Waals surface area contributed by atoms with E-state index in [9.17, 15) is 0 Å². The van der Waals surface area contributed by atoms with Crippen LogP contribution in [0, 0.1) is 94.7 Å². The molecular formula is C60H96N4. The zero-order valence-corrected chi connectivity index (χ0v) is 41.8. The Morgan fingerprint density at radius 1 is 0.250 bits per heavy atom. The molecular weight excluding hydrogens is 777 g/mol. The second kappa shape index (κ2) is 15.7. The maximum absolute atomic E-state index is 3.68. The monoisotopic (exact) mass is 873 g/mol. The molecule has 356 valence electrons. The van der Waals surface area contributed by atoms with Gasteiger partial charge in [-0.1, -0.05) is 105 Å². The van der Waals surface area contributed by atoms with E-state index in [1.807, 2.05) is 0 Å². The van der Waals surface area contributed by atoms with Crippen LogP contribution < -0.4 is 0 Å². The maximum atomic E-state index is 3.68. The molecule has 6 heterocycles. The van der Waals surface area contributed by atoms with E-state index in [2.05, 4.69) is 47.3 Å². The van der Waals surface area contributed by atoms with Gasteiger partial charge in [0.2, 0.25) is 0 Å². The summed E-state index contributed by atoms with van der Waals surface area (Å²) in [6.07, 6.45) is 43.4. The van der Waals surface area contributed by atoms with Gasteiger partial charge >= 0.3 is 0 Å². The standard InChI is InChI=1S/C60H96N4/c1-33(2)49-53-43-25-15-23-37-40-30-32-48-52(42-22-12-14-28-46(42)62(48)36-19-9-6-10-20-36)58(40)64(55(37)43)60(53)50(34(3)4)54-44-26-16-24-38-39-29-31-47-51(57(39)63(56(38)44)59(49)54)41-21-11-13-27-45(41)61(47)35-17-7-5-8-18-35/h33-60H,5-32H2,1-4H3. The van der Waals surface area contributed by atoms with Crippen molar-refractivity contribution < 1.29 is 0 Å². The van der Waals surface area contributed by atoms with Crippen LogP contribution in [0.1, 0.15) is 207 Å². The first-order valence-corrected chi connectivity index (χ1v) is 30.6. The normalized spacial score (nSPS) is 57.1. The first-order valence-electron chi connectivity index (χ1n) is 30.6. The number of hydrogen-bond donors (Lipinski definition) is 0. The Bertz CT molecular complexity index is 1610. The van der Waals surface area contributed by atoms with Crippen molar-refractivity contribution in [2.45, 2.75) is 280 Å². The smallest absolute Gasteiger partial charge is 0.0179 e. The van der Waals surface area contributed by atoms with Crippen molar-refractivity contribution in [2.24, 2.45) is 94.7 Å². The summed E-state index contributed by atoms with van der Waals surface area (Å²) in [7, 11) is 0. The van der Waals surface area contributed by atoms with Crippen molar-refractivity contribution in [3.8, 4) is 0 Å². The van der Waals surface area contributed by atoms with Crippen molar-refractivity contribution in [1.29, 1.82) is 0 Å². The summed E-state index contributed by atoms with van der Waals surface area (Å²) in [4.78, 5) is 14.1. The fourth-order valence-electron chi connectivity index (χ4n) is 25.6. The molecule has 6 aliphatic heterocycles. The lowest BCUT2D eigenvalue weighted by Crippen LogP contribution is -2.65. The average molecular weight is 873 g/mol. The van der Waals surface area contributed by atoms with Gasteiger partial charge in [0.1, 0.15) is 0 Å². The molecule has 0 aromatic carbocycles. The van der Waals surface area contributed by atoms with E-state index in [4.69, 9.17) is 0 Å². The van der Waals surface area contributed by atoms with Gasteiger partial charge in [0.05, 0.1) is 0 Å². The van der Waals surface area contributed by atoms with Crippen LogP contribution in [-0.2, 0) is 0 Å². The Balaban J connectivity index is 0.844. The van der Waals surface area contributed by atoms with Crippen molar-refractivity contribution >= 4 is 0 Å². The molecule has 4 nitrogen and oxygen atoms in total.